The van der Waals surface area contributed by atoms with Crippen LogP contribution >= 0.6 is 0 Å². The van der Waals surface area contributed by atoms with Gasteiger partial charge in [-0.05, 0) is 31.5 Å². The molecule has 82 valence electrons. The van der Waals surface area contributed by atoms with E-state index in [4.69, 9.17) is 5.11 Å². The largest absolute Gasteiger partial charge is 0.475 e. The molecule has 5 heteroatoms. The Hall–Kier alpha value is -2.17. The SMILES string of the molecule is Cc1cccc(-n2nc(C(=O)O)nc2C)c1. The first kappa shape index (κ1) is 10.4. The fourth-order valence-electron chi connectivity index (χ4n) is 1.48. The zero-order chi connectivity index (χ0) is 11.7. The van der Waals surface area contributed by atoms with Gasteiger partial charge in [0, 0.05) is 0 Å². The summed E-state index contributed by atoms with van der Waals surface area (Å²) in [4.78, 5) is 14.6. The standard InChI is InChI=1S/C11H11N3O2/c1-7-4-3-5-9(6-7)14-8(2)12-10(13-14)11(15)16/h3-6H,1-2H3,(H,15,16). The van der Waals surface area contributed by atoms with Crippen LogP contribution in [0.5, 0.6) is 0 Å². The number of aryl methyl sites for hydroxylation is 2. The quantitative estimate of drug-likeness (QED) is 0.829. The molecule has 1 N–H and O–H groups in total. The summed E-state index contributed by atoms with van der Waals surface area (Å²) in [6, 6.07) is 7.65. The molecule has 0 saturated heterocycles. The van der Waals surface area contributed by atoms with Gasteiger partial charge in [-0.1, -0.05) is 12.1 Å². The van der Waals surface area contributed by atoms with Crippen LogP contribution in [-0.2, 0) is 0 Å². The molecule has 0 atom stereocenters. The number of carboxylic acids is 1. The van der Waals surface area contributed by atoms with E-state index in [0.717, 1.165) is 11.3 Å². The van der Waals surface area contributed by atoms with Crippen molar-refractivity contribution in [2.75, 3.05) is 0 Å². The number of aromatic nitrogens is 3. The Morgan fingerprint density at radius 3 is 2.69 bits per heavy atom. The number of carboxylic acid groups (broad SMARTS) is 1. The van der Waals surface area contributed by atoms with Crippen LogP contribution in [0.3, 0.4) is 0 Å². The fourth-order valence-corrected chi connectivity index (χ4v) is 1.48. The van der Waals surface area contributed by atoms with Gasteiger partial charge in [0.15, 0.2) is 0 Å². The van der Waals surface area contributed by atoms with Crippen LogP contribution in [0.4, 0.5) is 0 Å². The van der Waals surface area contributed by atoms with Crippen molar-refractivity contribution in [1.82, 2.24) is 14.8 Å². The van der Waals surface area contributed by atoms with Gasteiger partial charge >= 0.3 is 5.97 Å². The Morgan fingerprint density at radius 1 is 1.38 bits per heavy atom. The monoisotopic (exact) mass is 217 g/mol. The lowest BCUT2D eigenvalue weighted by atomic mass is 10.2. The molecule has 5 nitrogen and oxygen atoms in total. The molecule has 0 spiro atoms. The highest BCUT2D eigenvalue weighted by atomic mass is 16.4. The van der Waals surface area contributed by atoms with Gasteiger partial charge in [0.2, 0.25) is 0 Å². The van der Waals surface area contributed by atoms with Crippen molar-refractivity contribution in [2.24, 2.45) is 0 Å². The Balaban J connectivity index is 2.52. The molecule has 1 aromatic carbocycles. The average Bonchev–Trinajstić information content (AvgIpc) is 2.60. The van der Waals surface area contributed by atoms with Crippen molar-refractivity contribution in [1.29, 1.82) is 0 Å². The molecule has 0 aliphatic carbocycles. The van der Waals surface area contributed by atoms with Gasteiger partial charge in [-0.25, -0.2) is 14.5 Å². The van der Waals surface area contributed by atoms with Gasteiger partial charge < -0.3 is 5.11 Å². The van der Waals surface area contributed by atoms with Crippen LogP contribution in [0.1, 0.15) is 22.0 Å². The van der Waals surface area contributed by atoms with E-state index in [-0.39, 0.29) is 5.82 Å². The van der Waals surface area contributed by atoms with Crippen molar-refractivity contribution in [3.05, 3.63) is 41.5 Å². The van der Waals surface area contributed by atoms with Crippen molar-refractivity contribution < 1.29 is 9.90 Å². The molecular weight excluding hydrogens is 206 g/mol. The first-order chi connectivity index (χ1) is 7.58. The number of benzene rings is 1. The maximum Gasteiger partial charge on any atom is 0.375 e. The molecule has 1 aromatic heterocycles. The maximum absolute atomic E-state index is 10.7. The first-order valence-electron chi connectivity index (χ1n) is 4.82. The maximum atomic E-state index is 10.7. The van der Waals surface area contributed by atoms with Gasteiger partial charge in [-0.2, -0.15) is 0 Å². The second kappa shape index (κ2) is 3.77. The summed E-state index contributed by atoms with van der Waals surface area (Å²) >= 11 is 0. The molecule has 0 unspecified atom stereocenters. The third kappa shape index (κ3) is 1.79. The first-order valence-corrected chi connectivity index (χ1v) is 4.82. The van der Waals surface area contributed by atoms with E-state index in [1.54, 1.807) is 6.92 Å². The summed E-state index contributed by atoms with van der Waals surface area (Å²) in [5, 5.41) is 12.7. The molecule has 2 aromatic rings. The average molecular weight is 217 g/mol. The third-order valence-electron chi connectivity index (χ3n) is 2.21. The number of aromatic carboxylic acids is 1. The number of nitrogens with zero attached hydrogens (tertiary/aromatic N) is 3. The summed E-state index contributed by atoms with van der Waals surface area (Å²) in [6.45, 7) is 3.69. The lowest BCUT2D eigenvalue weighted by Gasteiger charge is -2.02. The highest BCUT2D eigenvalue weighted by Crippen LogP contribution is 2.11. The molecule has 16 heavy (non-hydrogen) atoms. The van der Waals surface area contributed by atoms with Crippen molar-refractivity contribution in [2.45, 2.75) is 13.8 Å². The summed E-state index contributed by atoms with van der Waals surface area (Å²) in [5.74, 6) is -0.739. The summed E-state index contributed by atoms with van der Waals surface area (Å²) in [7, 11) is 0. The normalized spacial score (nSPS) is 10.4. The summed E-state index contributed by atoms with van der Waals surface area (Å²) < 4.78 is 1.52. The molecule has 2 rings (SSSR count). The van der Waals surface area contributed by atoms with Crippen LogP contribution in [0.2, 0.25) is 0 Å². The molecule has 0 saturated carbocycles. The zero-order valence-corrected chi connectivity index (χ0v) is 9.01. The van der Waals surface area contributed by atoms with Crippen LogP contribution in [0.25, 0.3) is 5.69 Å². The zero-order valence-electron chi connectivity index (χ0n) is 9.01. The lowest BCUT2D eigenvalue weighted by Crippen LogP contribution is -2.02. The van der Waals surface area contributed by atoms with Crippen LogP contribution in [0.15, 0.2) is 24.3 Å². The fraction of sp³-hybridized carbons (Fsp3) is 0.182. The van der Waals surface area contributed by atoms with Crippen molar-refractivity contribution >= 4 is 5.97 Å². The Morgan fingerprint density at radius 2 is 2.12 bits per heavy atom. The molecule has 0 fully saturated rings. The van der Waals surface area contributed by atoms with E-state index in [1.807, 2.05) is 31.2 Å². The Kier molecular flexibility index (Phi) is 2.44. The van der Waals surface area contributed by atoms with E-state index >= 15 is 0 Å². The summed E-state index contributed by atoms with van der Waals surface area (Å²) in [5.41, 5.74) is 1.90. The van der Waals surface area contributed by atoms with E-state index in [0.29, 0.717) is 5.82 Å². The lowest BCUT2D eigenvalue weighted by molar-refractivity contribution is 0.0683. The Labute approximate surface area is 92.4 Å². The highest BCUT2D eigenvalue weighted by molar-refractivity contribution is 5.83. The van der Waals surface area contributed by atoms with Crippen LogP contribution < -0.4 is 0 Å². The summed E-state index contributed by atoms with van der Waals surface area (Å²) in [6.07, 6.45) is 0. The van der Waals surface area contributed by atoms with Crippen LogP contribution in [-0.4, -0.2) is 25.8 Å². The number of carbonyl (C=O) groups is 1. The van der Waals surface area contributed by atoms with Gasteiger partial charge in [-0.15, -0.1) is 5.10 Å². The second-order valence-corrected chi connectivity index (χ2v) is 3.54. The minimum atomic E-state index is -1.12. The predicted molar refractivity (Wildman–Crippen MR) is 57.8 cm³/mol. The van der Waals surface area contributed by atoms with Gasteiger partial charge in [-0.3, -0.25) is 0 Å². The third-order valence-corrected chi connectivity index (χ3v) is 2.21. The molecule has 0 radical (unpaired) electrons. The Bertz CT molecular complexity index is 546. The molecule has 0 aliphatic heterocycles. The van der Waals surface area contributed by atoms with Gasteiger partial charge in [0.1, 0.15) is 5.82 Å². The number of hydrogen-bond acceptors (Lipinski definition) is 3. The highest BCUT2D eigenvalue weighted by Gasteiger charge is 2.13. The predicted octanol–water partition coefficient (Wildman–Crippen LogP) is 1.58. The smallest absolute Gasteiger partial charge is 0.375 e. The van der Waals surface area contributed by atoms with Gasteiger partial charge in [0.25, 0.3) is 5.82 Å². The van der Waals surface area contributed by atoms with E-state index in [9.17, 15) is 4.79 Å². The topological polar surface area (TPSA) is 68.0 Å². The minimum absolute atomic E-state index is 0.181. The van der Waals surface area contributed by atoms with E-state index in [2.05, 4.69) is 10.1 Å². The van der Waals surface area contributed by atoms with Crippen LogP contribution in [0, 0.1) is 13.8 Å². The second-order valence-electron chi connectivity index (χ2n) is 3.54. The molecule has 1 heterocycles. The molecule has 0 amide bonds. The minimum Gasteiger partial charge on any atom is -0.475 e. The number of rotatable bonds is 2. The van der Waals surface area contributed by atoms with Gasteiger partial charge in [0.05, 0.1) is 5.69 Å². The van der Waals surface area contributed by atoms with Crippen molar-refractivity contribution in [3.63, 3.8) is 0 Å². The molecule has 0 aliphatic rings. The molecule has 0 bridgehead atoms. The van der Waals surface area contributed by atoms with E-state index in [1.165, 1.54) is 4.68 Å². The van der Waals surface area contributed by atoms with Crippen molar-refractivity contribution in [3.8, 4) is 5.69 Å². The molecular formula is C11H11N3O2. The number of hydrogen-bond donors (Lipinski definition) is 1. The van der Waals surface area contributed by atoms with E-state index < -0.39 is 5.97 Å².